The largest absolute Gasteiger partial charge is 0.409 e. The quantitative estimate of drug-likeness (QED) is 0.279. The smallest absolute Gasteiger partial charge is 0.255 e. The maximum Gasteiger partial charge on any atom is 0.255 e. The predicted molar refractivity (Wildman–Crippen MR) is 59.8 cm³/mol. The highest BCUT2D eigenvalue weighted by Gasteiger charge is 2.14. The first-order chi connectivity index (χ1) is 8.58. The van der Waals surface area contributed by atoms with Crippen LogP contribution in [0.4, 0.5) is 14.6 Å². The van der Waals surface area contributed by atoms with Crippen molar-refractivity contribution in [3.8, 4) is 0 Å². The highest BCUT2D eigenvalue weighted by molar-refractivity contribution is 5.94. The SMILES string of the molecule is NC(=NO)c1cnc(N(CCO)CC(F)F)cn1. The van der Waals surface area contributed by atoms with Gasteiger partial charge in [-0.3, -0.25) is 0 Å². The van der Waals surface area contributed by atoms with Crippen LogP contribution in [0.1, 0.15) is 5.69 Å². The number of amidine groups is 1. The topological polar surface area (TPSA) is 108 Å². The van der Waals surface area contributed by atoms with Gasteiger partial charge >= 0.3 is 0 Å². The van der Waals surface area contributed by atoms with E-state index in [1.807, 2.05) is 0 Å². The molecule has 0 aliphatic carbocycles. The van der Waals surface area contributed by atoms with E-state index in [0.717, 1.165) is 0 Å². The Hall–Kier alpha value is -2.03. The van der Waals surface area contributed by atoms with E-state index >= 15 is 0 Å². The van der Waals surface area contributed by atoms with Gasteiger partial charge in [-0.2, -0.15) is 0 Å². The van der Waals surface area contributed by atoms with E-state index in [-0.39, 0.29) is 30.5 Å². The molecule has 1 rings (SSSR count). The first kappa shape index (κ1) is 14.0. The van der Waals surface area contributed by atoms with Crippen LogP contribution in [0.25, 0.3) is 0 Å². The highest BCUT2D eigenvalue weighted by atomic mass is 19.3. The van der Waals surface area contributed by atoms with Crippen molar-refractivity contribution in [2.75, 3.05) is 24.6 Å². The molecule has 18 heavy (non-hydrogen) atoms. The van der Waals surface area contributed by atoms with Crippen molar-refractivity contribution >= 4 is 11.7 Å². The van der Waals surface area contributed by atoms with E-state index in [1.54, 1.807) is 0 Å². The molecule has 0 spiro atoms. The van der Waals surface area contributed by atoms with Crippen molar-refractivity contribution in [3.63, 3.8) is 0 Å². The zero-order chi connectivity index (χ0) is 13.5. The Morgan fingerprint density at radius 3 is 2.61 bits per heavy atom. The fourth-order valence-corrected chi connectivity index (χ4v) is 1.25. The predicted octanol–water partition coefficient (Wildman–Crippen LogP) is -0.365. The normalized spacial score (nSPS) is 11.9. The number of oxime groups is 1. The monoisotopic (exact) mass is 261 g/mol. The minimum absolute atomic E-state index is 0.0158. The van der Waals surface area contributed by atoms with Crippen LogP contribution in [0, 0.1) is 0 Å². The molecule has 0 saturated heterocycles. The molecule has 1 aromatic rings. The van der Waals surface area contributed by atoms with Crippen molar-refractivity contribution in [2.45, 2.75) is 6.43 Å². The van der Waals surface area contributed by atoms with Gasteiger partial charge in [0.2, 0.25) is 0 Å². The van der Waals surface area contributed by atoms with E-state index in [2.05, 4.69) is 15.1 Å². The molecule has 100 valence electrons. The van der Waals surface area contributed by atoms with Crippen LogP contribution in [0.3, 0.4) is 0 Å². The molecule has 0 atom stereocenters. The van der Waals surface area contributed by atoms with E-state index in [0.29, 0.717) is 0 Å². The average Bonchev–Trinajstić information content (AvgIpc) is 2.37. The standard InChI is InChI=1S/C9H13F2N5O2/c10-7(11)5-16(1-2-17)8-4-13-6(3-14-8)9(12)15-18/h3-4,7,17-18H,1-2,5H2,(H2,12,15). The molecule has 0 radical (unpaired) electrons. The second kappa shape index (κ2) is 6.64. The summed E-state index contributed by atoms with van der Waals surface area (Å²) in [5.41, 5.74) is 5.41. The van der Waals surface area contributed by atoms with Gasteiger partial charge in [0.15, 0.2) is 5.84 Å². The lowest BCUT2D eigenvalue weighted by Gasteiger charge is -2.21. The zero-order valence-corrected chi connectivity index (χ0v) is 9.37. The zero-order valence-electron chi connectivity index (χ0n) is 9.37. The van der Waals surface area contributed by atoms with Crippen LogP contribution in [-0.4, -0.2) is 52.2 Å². The van der Waals surface area contributed by atoms with Gasteiger partial charge in [0.05, 0.1) is 25.5 Å². The number of aliphatic hydroxyl groups excluding tert-OH is 1. The van der Waals surface area contributed by atoms with Gasteiger partial charge < -0.3 is 20.9 Å². The molecule has 9 heteroatoms. The Kier molecular flexibility index (Phi) is 5.18. The molecular formula is C9H13F2N5O2. The molecule has 0 bridgehead atoms. The minimum atomic E-state index is -2.55. The summed E-state index contributed by atoms with van der Waals surface area (Å²) in [6.45, 7) is -0.823. The third kappa shape index (κ3) is 3.77. The van der Waals surface area contributed by atoms with Crippen LogP contribution in [0.15, 0.2) is 17.5 Å². The summed E-state index contributed by atoms with van der Waals surface area (Å²) in [6.07, 6.45) is -0.145. The second-order valence-corrected chi connectivity index (χ2v) is 3.31. The molecule has 0 aliphatic rings. The number of alkyl halides is 2. The van der Waals surface area contributed by atoms with E-state index in [9.17, 15) is 8.78 Å². The molecule has 4 N–H and O–H groups in total. The Morgan fingerprint density at radius 2 is 2.17 bits per heavy atom. The lowest BCUT2D eigenvalue weighted by atomic mass is 10.4. The molecule has 0 amide bonds. The molecule has 0 saturated carbocycles. The maximum absolute atomic E-state index is 12.3. The van der Waals surface area contributed by atoms with Gasteiger partial charge in [0.1, 0.15) is 11.5 Å². The fraction of sp³-hybridized carbons (Fsp3) is 0.444. The number of anilines is 1. The first-order valence-electron chi connectivity index (χ1n) is 5.02. The Balaban J connectivity index is 2.86. The van der Waals surface area contributed by atoms with Crippen LogP contribution < -0.4 is 10.6 Å². The van der Waals surface area contributed by atoms with Crippen molar-refractivity contribution in [1.82, 2.24) is 9.97 Å². The minimum Gasteiger partial charge on any atom is -0.409 e. The second-order valence-electron chi connectivity index (χ2n) is 3.31. The number of hydrogen-bond donors (Lipinski definition) is 3. The lowest BCUT2D eigenvalue weighted by molar-refractivity contribution is 0.152. The van der Waals surface area contributed by atoms with Gasteiger partial charge in [-0.15, -0.1) is 0 Å². The van der Waals surface area contributed by atoms with E-state index in [1.165, 1.54) is 17.3 Å². The number of aromatic nitrogens is 2. The summed E-state index contributed by atoms with van der Waals surface area (Å²) < 4.78 is 24.6. The van der Waals surface area contributed by atoms with Gasteiger partial charge in [-0.25, -0.2) is 18.7 Å². The van der Waals surface area contributed by atoms with Crippen molar-refractivity contribution in [3.05, 3.63) is 18.1 Å². The molecule has 1 aromatic heterocycles. The average molecular weight is 261 g/mol. The first-order valence-corrected chi connectivity index (χ1v) is 5.02. The van der Waals surface area contributed by atoms with Crippen LogP contribution in [0.2, 0.25) is 0 Å². The van der Waals surface area contributed by atoms with E-state index in [4.69, 9.17) is 16.0 Å². The third-order valence-electron chi connectivity index (χ3n) is 2.06. The summed E-state index contributed by atoms with van der Waals surface area (Å²) in [5.74, 6) is -0.0459. The molecule has 1 heterocycles. The summed E-state index contributed by atoms with van der Waals surface area (Å²) in [5, 5.41) is 19.9. The maximum atomic E-state index is 12.3. The third-order valence-corrected chi connectivity index (χ3v) is 2.06. The van der Waals surface area contributed by atoms with Crippen LogP contribution in [0.5, 0.6) is 0 Å². The fourth-order valence-electron chi connectivity index (χ4n) is 1.25. The highest BCUT2D eigenvalue weighted by Crippen LogP contribution is 2.10. The molecule has 0 unspecified atom stereocenters. The lowest BCUT2D eigenvalue weighted by Crippen LogP contribution is -2.32. The Bertz CT molecular complexity index is 398. The summed E-state index contributed by atoms with van der Waals surface area (Å²) in [7, 11) is 0. The van der Waals surface area contributed by atoms with Crippen molar-refractivity contribution in [2.24, 2.45) is 10.9 Å². The Labute approximate surface area is 102 Å². The van der Waals surface area contributed by atoms with Crippen LogP contribution in [-0.2, 0) is 0 Å². The summed E-state index contributed by atoms with van der Waals surface area (Å²) in [6, 6.07) is 0. The molecule has 0 fully saturated rings. The van der Waals surface area contributed by atoms with Gasteiger partial charge in [-0.05, 0) is 0 Å². The number of nitrogens with two attached hydrogens (primary N) is 1. The molecule has 0 aliphatic heterocycles. The van der Waals surface area contributed by atoms with Gasteiger partial charge in [0, 0.05) is 6.54 Å². The van der Waals surface area contributed by atoms with Crippen molar-refractivity contribution in [1.29, 1.82) is 0 Å². The molecule has 7 nitrogen and oxygen atoms in total. The number of hydrogen-bond acceptors (Lipinski definition) is 6. The summed E-state index contributed by atoms with van der Waals surface area (Å²) in [4.78, 5) is 8.87. The Morgan fingerprint density at radius 1 is 1.44 bits per heavy atom. The molecular weight excluding hydrogens is 248 g/mol. The van der Waals surface area contributed by atoms with Gasteiger partial charge in [-0.1, -0.05) is 5.16 Å². The summed E-state index contributed by atoms with van der Waals surface area (Å²) >= 11 is 0. The number of aliphatic hydroxyl groups is 1. The number of rotatable bonds is 6. The van der Waals surface area contributed by atoms with E-state index < -0.39 is 13.0 Å². The van der Waals surface area contributed by atoms with Crippen molar-refractivity contribution < 1.29 is 19.1 Å². The van der Waals surface area contributed by atoms with Gasteiger partial charge in [0.25, 0.3) is 6.43 Å². The molecule has 0 aromatic carbocycles. The number of nitrogens with zero attached hydrogens (tertiary/aromatic N) is 4. The van der Waals surface area contributed by atoms with Crippen LogP contribution >= 0.6 is 0 Å². The number of halogens is 2.